The van der Waals surface area contributed by atoms with Crippen molar-refractivity contribution in [3.63, 3.8) is 0 Å². The third-order valence-corrected chi connectivity index (χ3v) is 15.5. The molecule has 1 saturated carbocycles. The Labute approximate surface area is 105 Å². The first-order valence-electron chi connectivity index (χ1n) is 6.43. The predicted octanol–water partition coefficient (Wildman–Crippen LogP) is 4.86. The molecule has 1 fully saturated rings. The van der Waals surface area contributed by atoms with Gasteiger partial charge in [0.25, 0.3) is 0 Å². The maximum absolute atomic E-state index is 2.83. The first kappa shape index (κ1) is 14.4. The Hall–Kier alpha value is 1.34. The van der Waals surface area contributed by atoms with E-state index in [9.17, 15) is 0 Å². The second-order valence-corrected chi connectivity index (χ2v) is 36.0. The molecule has 0 radical (unpaired) electrons. The van der Waals surface area contributed by atoms with Gasteiger partial charge in [0.15, 0.2) is 0 Å². The predicted molar refractivity (Wildman–Crippen MR) is 76.7 cm³/mol. The molecule has 1 aliphatic rings. The molecule has 0 atom stereocenters. The van der Waals surface area contributed by atoms with E-state index in [1.165, 1.54) is 25.7 Å². The minimum atomic E-state index is -1.79. The first-order valence-corrected chi connectivity index (χ1v) is 26.6. The summed E-state index contributed by atoms with van der Waals surface area (Å²) in [6, 6.07) is 0. The van der Waals surface area contributed by atoms with Crippen molar-refractivity contribution < 1.29 is 0 Å². The van der Waals surface area contributed by atoms with Crippen LogP contribution in [0.5, 0.6) is 0 Å². The van der Waals surface area contributed by atoms with Crippen molar-refractivity contribution in [1.29, 1.82) is 0 Å². The maximum atomic E-state index is 2.83. The Bertz CT molecular complexity index is 234. The molecule has 0 unspecified atom stereocenters. The molecule has 0 aromatic carbocycles. The fraction of sp³-hybridized carbons (Fsp3) is 0.846. The summed E-state index contributed by atoms with van der Waals surface area (Å²) in [5.41, 5.74) is 0. The topological polar surface area (TPSA) is 0 Å². The van der Waals surface area contributed by atoms with Gasteiger partial charge in [0.2, 0.25) is 0 Å². The van der Waals surface area contributed by atoms with Gasteiger partial charge >= 0.3 is 106 Å². The molecule has 0 N–H and O–H groups in total. The Morgan fingerprint density at radius 3 is 1.73 bits per heavy atom. The van der Waals surface area contributed by atoms with Crippen LogP contribution in [0.2, 0.25) is 29.6 Å². The van der Waals surface area contributed by atoms with Crippen LogP contribution in [-0.4, -0.2) is 36.8 Å². The number of rotatable bonds is 3. The van der Waals surface area contributed by atoms with Crippen LogP contribution in [0, 0.1) is 5.92 Å². The van der Waals surface area contributed by atoms with E-state index < -0.39 is 36.8 Å². The van der Waals surface area contributed by atoms with Crippen molar-refractivity contribution in [3.8, 4) is 0 Å². The van der Waals surface area contributed by atoms with Crippen LogP contribution in [0.15, 0.2) is 7.68 Å². The average molecular weight is 422 g/mol. The molecule has 2 heteroatoms. The minimum absolute atomic E-state index is 1.01. The molecule has 0 aromatic rings. The first-order chi connectivity index (χ1) is 6.70. The zero-order valence-electron chi connectivity index (χ0n) is 11.5. The Kier molecular flexibility index (Phi) is 5.11. The normalized spacial score (nSPS) is 21.1. The molecular weight excluding hydrogens is 394 g/mol. The van der Waals surface area contributed by atoms with Crippen LogP contribution in [0.25, 0.3) is 0 Å². The van der Waals surface area contributed by atoms with Gasteiger partial charge in [-0.1, -0.05) is 0 Å². The molecule has 0 spiro atoms. The monoisotopic (exact) mass is 424 g/mol. The van der Waals surface area contributed by atoms with Gasteiger partial charge in [-0.05, 0) is 0 Å². The van der Waals surface area contributed by atoms with Crippen LogP contribution in [0.1, 0.15) is 25.7 Å². The number of hydrogen-bond acceptors (Lipinski definition) is 0. The van der Waals surface area contributed by atoms with E-state index in [2.05, 4.69) is 33.7 Å². The second kappa shape index (κ2) is 5.32. The summed E-state index contributed by atoms with van der Waals surface area (Å²) in [4.78, 5) is 15.5. The van der Waals surface area contributed by atoms with Crippen LogP contribution in [0.3, 0.4) is 0 Å². The third-order valence-electron chi connectivity index (χ3n) is 3.25. The molecule has 0 saturated heterocycles. The summed E-state index contributed by atoms with van der Waals surface area (Å²) in [6.45, 7) is 0. The van der Waals surface area contributed by atoms with Crippen molar-refractivity contribution in [2.75, 3.05) is 0 Å². The average Bonchev–Trinajstić information content (AvgIpc) is 2.47. The van der Waals surface area contributed by atoms with Gasteiger partial charge in [0.1, 0.15) is 0 Å². The standard InChI is InChI=1S/C7H10.6CH3.2Sn/c1-2-7-5-3-4-6-7;;;;;;;;/h1,7H,3-6H2;6*1H3;;. The van der Waals surface area contributed by atoms with E-state index in [1.54, 1.807) is 0 Å². The summed E-state index contributed by atoms with van der Waals surface area (Å²) in [5, 5.41) is 0. The Morgan fingerprint density at radius 1 is 0.933 bits per heavy atom. The number of hydrogen-bond donors (Lipinski definition) is 0. The van der Waals surface area contributed by atoms with Crippen LogP contribution < -0.4 is 0 Å². The van der Waals surface area contributed by atoms with Crippen LogP contribution >= 0.6 is 0 Å². The van der Waals surface area contributed by atoms with Crippen molar-refractivity contribution in [2.45, 2.75) is 55.3 Å². The fourth-order valence-electron chi connectivity index (χ4n) is 2.65. The molecule has 15 heavy (non-hydrogen) atoms. The number of allylic oxidation sites excluding steroid dienone is 1. The second-order valence-electron chi connectivity index (χ2n) is 7.20. The summed E-state index contributed by atoms with van der Waals surface area (Å²) < 4.78 is 4.84. The molecule has 1 rings (SSSR count). The molecule has 88 valence electrons. The molecule has 0 amide bonds. The molecule has 0 aliphatic heterocycles. The Balaban J connectivity index is 2.92. The quantitative estimate of drug-likeness (QED) is 0.571. The zero-order valence-corrected chi connectivity index (χ0v) is 17.2. The van der Waals surface area contributed by atoms with E-state index in [1.807, 2.05) is 3.59 Å². The van der Waals surface area contributed by atoms with E-state index in [4.69, 9.17) is 0 Å². The zero-order chi connectivity index (χ0) is 11.7. The summed E-state index contributed by atoms with van der Waals surface area (Å²) >= 11 is -3.51. The van der Waals surface area contributed by atoms with Gasteiger partial charge in [-0.15, -0.1) is 0 Å². The van der Waals surface area contributed by atoms with Crippen molar-refractivity contribution in [2.24, 2.45) is 5.92 Å². The third kappa shape index (κ3) is 5.01. The summed E-state index contributed by atoms with van der Waals surface area (Å²) in [7, 11) is 0. The Morgan fingerprint density at radius 2 is 1.40 bits per heavy atom. The van der Waals surface area contributed by atoms with Gasteiger partial charge in [-0.3, -0.25) is 0 Å². The van der Waals surface area contributed by atoms with Crippen molar-refractivity contribution in [1.82, 2.24) is 0 Å². The molecule has 0 nitrogen and oxygen atoms in total. The summed E-state index contributed by atoms with van der Waals surface area (Å²) in [6.07, 6.45) is 5.98. The van der Waals surface area contributed by atoms with E-state index >= 15 is 0 Å². The van der Waals surface area contributed by atoms with Crippen LogP contribution in [-0.2, 0) is 0 Å². The SMILES string of the molecule is [CH3][Sn]([CH3])([CH3])/[CH]=[C](/C1CCCC1)[Sn]([CH3])([CH3])[CH3]. The fourth-order valence-corrected chi connectivity index (χ4v) is 28.1. The molecule has 0 heterocycles. The van der Waals surface area contributed by atoms with E-state index in [-0.39, 0.29) is 0 Å². The van der Waals surface area contributed by atoms with Gasteiger partial charge in [-0.25, -0.2) is 0 Å². The molecular formula is C13H28Sn2. The molecule has 0 bridgehead atoms. The summed E-state index contributed by atoms with van der Waals surface area (Å²) in [5.74, 6) is 1.01. The van der Waals surface area contributed by atoms with Gasteiger partial charge < -0.3 is 0 Å². The van der Waals surface area contributed by atoms with Crippen LogP contribution in [0.4, 0.5) is 0 Å². The van der Waals surface area contributed by atoms with E-state index in [0.717, 1.165) is 5.92 Å². The van der Waals surface area contributed by atoms with Crippen molar-refractivity contribution in [3.05, 3.63) is 7.68 Å². The van der Waals surface area contributed by atoms with Crippen molar-refractivity contribution >= 4 is 36.8 Å². The molecule has 1 aliphatic carbocycles. The molecule has 0 aromatic heterocycles. The van der Waals surface area contributed by atoms with Gasteiger partial charge in [0, 0.05) is 0 Å². The van der Waals surface area contributed by atoms with Gasteiger partial charge in [0.05, 0.1) is 0 Å². The van der Waals surface area contributed by atoms with E-state index in [0.29, 0.717) is 0 Å². The van der Waals surface area contributed by atoms with Gasteiger partial charge in [-0.2, -0.15) is 0 Å².